The summed E-state index contributed by atoms with van der Waals surface area (Å²) < 4.78 is 5.18. The predicted molar refractivity (Wildman–Crippen MR) is 82.7 cm³/mol. The Morgan fingerprint density at radius 3 is 2.43 bits per heavy atom. The molecule has 2 aromatic rings. The Labute approximate surface area is 134 Å². The van der Waals surface area contributed by atoms with E-state index in [1.807, 2.05) is 20.8 Å². The highest BCUT2D eigenvalue weighted by molar-refractivity contribution is 6.36. The van der Waals surface area contributed by atoms with Gasteiger partial charge in [0.25, 0.3) is 0 Å². The standard InChI is InChI=1S/C15H18Cl2N2O2/c1-15(2,3)12(20)8-14-18-13(19-21-14)7-9-10(16)5-4-6-11(9)17/h4-6,12,20H,7-8H2,1-3H3. The summed E-state index contributed by atoms with van der Waals surface area (Å²) in [5.41, 5.74) is 0.533. The average molecular weight is 329 g/mol. The minimum absolute atomic E-state index is 0.235. The van der Waals surface area contributed by atoms with Gasteiger partial charge in [0.1, 0.15) is 0 Å². The maximum Gasteiger partial charge on any atom is 0.229 e. The first-order chi connectivity index (χ1) is 9.77. The van der Waals surface area contributed by atoms with E-state index in [1.165, 1.54) is 0 Å². The van der Waals surface area contributed by atoms with Crippen molar-refractivity contribution in [2.75, 3.05) is 0 Å². The number of rotatable bonds is 4. The van der Waals surface area contributed by atoms with Crippen molar-refractivity contribution >= 4 is 23.2 Å². The largest absolute Gasteiger partial charge is 0.392 e. The summed E-state index contributed by atoms with van der Waals surface area (Å²) in [5, 5.41) is 15.1. The van der Waals surface area contributed by atoms with Gasteiger partial charge >= 0.3 is 0 Å². The minimum atomic E-state index is -0.547. The summed E-state index contributed by atoms with van der Waals surface area (Å²) in [6.45, 7) is 5.87. The van der Waals surface area contributed by atoms with Crippen molar-refractivity contribution in [1.29, 1.82) is 0 Å². The first-order valence-electron chi connectivity index (χ1n) is 6.70. The van der Waals surface area contributed by atoms with E-state index < -0.39 is 6.10 Å². The zero-order chi connectivity index (χ0) is 15.6. The monoisotopic (exact) mass is 328 g/mol. The number of hydrogen-bond donors (Lipinski definition) is 1. The summed E-state index contributed by atoms with van der Waals surface area (Å²) in [4.78, 5) is 4.29. The molecule has 2 rings (SSSR count). The van der Waals surface area contributed by atoms with Crippen molar-refractivity contribution in [3.05, 3.63) is 45.5 Å². The SMILES string of the molecule is CC(C)(C)C(O)Cc1nc(Cc2c(Cl)cccc2Cl)no1. The van der Waals surface area contributed by atoms with Gasteiger partial charge in [0.2, 0.25) is 5.89 Å². The lowest BCUT2D eigenvalue weighted by Gasteiger charge is -2.24. The first kappa shape index (κ1) is 16.3. The summed E-state index contributed by atoms with van der Waals surface area (Å²) in [6, 6.07) is 5.33. The second-order valence-corrected chi connectivity index (χ2v) is 6.88. The van der Waals surface area contributed by atoms with Crippen molar-refractivity contribution in [1.82, 2.24) is 10.1 Å². The minimum Gasteiger partial charge on any atom is -0.392 e. The number of halogens is 2. The van der Waals surface area contributed by atoms with Gasteiger partial charge in [-0.1, -0.05) is 55.2 Å². The molecule has 6 heteroatoms. The third kappa shape index (κ3) is 4.19. The molecule has 0 fully saturated rings. The van der Waals surface area contributed by atoms with E-state index >= 15 is 0 Å². The Morgan fingerprint density at radius 1 is 1.24 bits per heavy atom. The van der Waals surface area contributed by atoms with E-state index in [1.54, 1.807) is 18.2 Å². The van der Waals surface area contributed by atoms with Crippen LogP contribution < -0.4 is 0 Å². The number of hydrogen-bond acceptors (Lipinski definition) is 4. The Hall–Kier alpha value is -1.10. The Kier molecular flexibility index (Phi) is 4.91. The molecule has 1 aromatic carbocycles. The van der Waals surface area contributed by atoms with Crippen molar-refractivity contribution < 1.29 is 9.63 Å². The molecule has 0 amide bonds. The third-order valence-corrected chi connectivity index (χ3v) is 3.98. The van der Waals surface area contributed by atoms with Crippen LogP contribution in [0.1, 0.15) is 38.0 Å². The van der Waals surface area contributed by atoms with Gasteiger partial charge in [-0.15, -0.1) is 0 Å². The molecule has 21 heavy (non-hydrogen) atoms. The highest BCUT2D eigenvalue weighted by atomic mass is 35.5. The molecule has 0 saturated heterocycles. The number of benzene rings is 1. The van der Waals surface area contributed by atoms with E-state index in [2.05, 4.69) is 10.1 Å². The number of aliphatic hydroxyl groups excluding tert-OH is 1. The van der Waals surface area contributed by atoms with Gasteiger partial charge in [0.15, 0.2) is 5.82 Å². The van der Waals surface area contributed by atoms with Crippen LogP contribution in [0.5, 0.6) is 0 Å². The summed E-state index contributed by atoms with van der Waals surface area (Å²) >= 11 is 12.2. The molecule has 114 valence electrons. The van der Waals surface area contributed by atoms with Gasteiger partial charge in [-0.2, -0.15) is 4.98 Å². The van der Waals surface area contributed by atoms with Crippen LogP contribution in [0.15, 0.2) is 22.7 Å². The van der Waals surface area contributed by atoms with Crippen LogP contribution in [0.25, 0.3) is 0 Å². The maximum atomic E-state index is 10.1. The first-order valence-corrected chi connectivity index (χ1v) is 7.45. The van der Waals surface area contributed by atoms with Gasteiger partial charge in [0, 0.05) is 16.5 Å². The molecule has 1 heterocycles. The van der Waals surface area contributed by atoms with Gasteiger partial charge in [-0.3, -0.25) is 0 Å². The van der Waals surface area contributed by atoms with Crippen LogP contribution in [-0.4, -0.2) is 21.4 Å². The average Bonchev–Trinajstić information content (AvgIpc) is 2.80. The molecule has 1 atom stereocenters. The molecule has 0 aliphatic heterocycles. The second kappa shape index (κ2) is 6.34. The van der Waals surface area contributed by atoms with E-state index in [4.69, 9.17) is 27.7 Å². The molecule has 0 spiro atoms. The topological polar surface area (TPSA) is 59.2 Å². The maximum absolute atomic E-state index is 10.1. The van der Waals surface area contributed by atoms with Crippen molar-refractivity contribution in [3.63, 3.8) is 0 Å². The third-order valence-electron chi connectivity index (χ3n) is 3.27. The van der Waals surface area contributed by atoms with Crippen molar-refractivity contribution in [2.45, 2.75) is 39.7 Å². The highest BCUT2D eigenvalue weighted by Gasteiger charge is 2.24. The van der Waals surface area contributed by atoms with Crippen LogP contribution in [0.3, 0.4) is 0 Å². The summed E-state index contributed by atoms with van der Waals surface area (Å²) in [7, 11) is 0. The molecular weight excluding hydrogens is 311 g/mol. The van der Waals surface area contributed by atoms with Crippen LogP contribution in [0.4, 0.5) is 0 Å². The molecule has 0 aliphatic carbocycles. The molecule has 1 unspecified atom stereocenters. The fraction of sp³-hybridized carbons (Fsp3) is 0.467. The Balaban J connectivity index is 2.11. The molecule has 0 bridgehead atoms. The normalized spacial score (nSPS) is 13.4. The van der Waals surface area contributed by atoms with Gasteiger partial charge in [-0.25, -0.2) is 0 Å². The molecule has 0 aliphatic rings. The molecule has 0 saturated carbocycles. The zero-order valence-corrected chi connectivity index (χ0v) is 13.7. The van der Waals surface area contributed by atoms with E-state index in [0.717, 1.165) is 5.56 Å². The number of nitrogens with zero attached hydrogens (tertiary/aromatic N) is 2. The zero-order valence-electron chi connectivity index (χ0n) is 12.2. The van der Waals surface area contributed by atoms with Gasteiger partial charge in [0.05, 0.1) is 12.5 Å². The van der Waals surface area contributed by atoms with E-state index in [-0.39, 0.29) is 5.41 Å². The Morgan fingerprint density at radius 2 is 1.86 bits per heavy atom. The Bertz CT molecular complexity index is 600. The molecule has 0 radical (unpaired) electrons. The van der Waals surface area contributed by atoms with Crippen LogP contribution in [0.2, 0.25) is 10.0 Å². The lowest BCUT2D eigenvalue weighted by Crippen LogP contribution is -2.28. The highest BCUT2D eigenvalue weighted by Crippen LogP contribution is 2.26. The summed E-state index contributed by atoms with van der Waals surface area (Å²) in [6.07, 6.45) is 0.176. The molecule has 1 N–H and O–H groups in total. The van der Waals surface area contributed by atoms with Crippen LogP contribution in [-0.2, 0) is 12.8 Å². The lowest BCUT2D eigenvalue weighted by atomic mass is 9.87. The van der Waals surface area contributed by atoms with Crippen LogP contribution >= 0.6 is 23.2 Å². The molecule has 1 aromatic heterocycles. The van der Waals surface area contributed by atoms with Crippen LogP contribution in [0, 0.1) is 5.41 Å². The number of aliphatic hydroxyl groups is 1. The smallest absolute Gasteiger partial charge is 0.229 e. The van der Waals surface area contributed by atoms with Gasteiger partial charge in [-0.05, 0) is 23.1 Å². The van der Waals surface area contributed by atoms with Gasteiger partial charge < -0.3 is 9.63 Å². The molecule has 4 nitrogen and oxygen atoms in total. The quantitative estimate of drug-likeness (QED) is 0.924. The van der Waals surface area contributed by atoms with E-state index in [0.29, 0.717) is 34.6 Å². The fourth-order valence-corrected chi connectivity index (χ4v) is 2.31. The second-order valence-electron chi connectivity index (χ2n) is 6.07. The number of aromatic nitrogens is 2. The van der Waals surface area contributed by atoms with Crippen molar-refractivity contribution in [2.24, 2.45) is 5.41 Å². The van der Waals surface area contributed by atoms with Crippen molar-refractivity contribution in [3.8, 4) is 0 Å². The predicted octanol–water partition coefficient (Wildman–Crippen LogP) is 3.92. The summed E-state index contributed by atoms with van der Waals surface area (Å²) in [5.74, 6) is 0.914. The van der Waals surface area contributed by atoms with E-state index in [9.17, 15) is 5.11 Å². The molecular formula is C15H18Cl2N2O2. The lowest BCUT2D eigenvalue weighted by molar-refractivity contribution is 0.0565. The fourth-order valence-electron chi connectivity index (χ4n) is 1.78.